The summed E-state index contributed by atoms with van der Waals surface area (Å²) in [4.78, 5) is 18.1. The second-order valence-corrected chi connectivity index (χ2v) is 4.73. The summed E-state index contributed by atoms with van der Waals surface area (Å²) in [5.74, 6) is 0.517. The van der Waals surface area contributed by atoms with Gasteiger partial charge in [-0.1, -0.05) is 6.07 Å². The van der Waals surface area contributed by atoms with E-state index in [0.29, 0.717) is 11.5 Å². The lowest BCUT2D eigenvalue weighted by molar-refractivity contribution is 0.0601. The molecule has 3 rings (SSSR count). The Labute approximate surface area is 117 Å². The fourth-order valence-electron chi connectivity index (χ4n) is 2.69. The highest BCUT2D eigenvalue weighted by molar-refractivity contribution is 5.91. The zero-order chi connectivity index (χ0) is 14.1. The number of esters is 1. The van der Waals surface area contributed by atoms with Crippen molar-refractivity contribution >= 4 is 11.7 Å². The second-order valence-electron chi connectivity index (χ2n) is 4.73. The van der Waals surface area contributed by atoms with Gasteiger partial charge in [0, 0.05) is 18.8 Å². The van der Waals surface area contributed by atoms with Gasteiger partial charge in [0.1, 0.15) is 6.26 Å². The summed E-state index contributed by atoms with van der Waals surface area (Å²) in [5.41, 5.74) is 2.76. The Hall–Kier alpha value is -2.30. The van der Waals surface area contributed by atoms with Gasteiger partial charge in [-0.15, -0.1) is 0 Å². The van der Waals surface area contributed by atoms with Crippen LogP contribution in [0.5, 0.6) is 0 Å². The standard InChI is InChI=1S/C15H16N2O3/c1-3-17-9-12(14-16-6-7-20-14)11-5-4-10(8-13(11)17)15(18)19-2/h4-8,12H,3,9H2,1-2H3. The number of anilines is 1. The number of ether oxygens (including phenoxy) is 1. The number of benzene rings is 1. The monoisotopic (exact) mass is 272 g/mol. The predicted octanol–water partition coefficient (Wildman–Crippen LogP) is 2.43. The van der Waals surface area contributed by atoms with Crippen molar-refractivity contribution in [2.24, 2.45) is 0 Å². The Balaban J connectivity index is 2.03. The molecule has 1 aliphatic heterocycles. The lowest BCUT2D eigenvalue weighted by Gasteiger charge is -2.17. The van der Waals surface area contributed by atoms with E-state index in [0.717, 1.165) is 24.3 Å². The van der Waals surface area contributed by atoms with Crippen LogP contribution in [0.1, 0.15) is 34.7 Å². The number of aromatic nitrogens is 1. The van der Waals surface area contributed by atoms with Crippen molar-refractivity contribution in [1.29, 1.82) is 0 Å². The Kier molecular flexibility index (Phi) is 3.18. The molecule has 0 radical (unpaired) electrons. The topological polar surface area (TPSA) is 55.6 Å². The summed E-state index contributed by atoms with van der Waals surface area (Å²) in [6.45, 7) is 3.78. The van der Waals surface area contributed by atoms with Gasteiger partial charge in [-0.3, -0.25) is 0 Å². The summed E-state index contributed by atoms with van der Waals surface area (Å²) in [6.07, 6.45) is 3.25. The van der Waals surface area contributed by atoms with Crippen molar-refractivity contribution in [2.75, 3.05) is 25.1 Å². The maximum absolute atomic E-state index is 11.6. The third kappa shape index (κ3) is 1.95. The maximum Gasteiger partial charge on any atom is 0.337 e. The molecule has 104 valence electrons. The van der Waals surface area contributed by atoms with Crippen LogP contribution in [0.25, 0.3) is 0 Å². The SMILES string of the molecule is CCN1CC(c2ncco2)c2ccc(C(=O)OC)cc21. The van der Waals surface area contributed by atoms with E-state index in [1.165, 1.54) is 7.11 Å². The van der Waals surface area contributed by atoms with E-state index in [-0.39, 0.29) is 11.9 Å². The van der Waals surface area contributed by atoms with E-state index in [9.17, 15) is 4.79 Å². The summed E-state index contributed by atoms with van der Waals surface area (Å²) < 4.78 is 10.2. The van der Waals surface area contributed by atoms with Crippen molar-refractivity contribution in [2.45, 2.75) is 12.8 Å². The van der Waals surface area contributed by atoms with Gasteiger partial charge in [0.25, 0.3) is 0 Å². The van der Waals surface area contributed by atoms with E-state index in [4.69, 9.17) is 9.15 Å². The molecule has 0 N–H and O–H groups in total. The minimum absolute atomic E-state index is 0.117. The molecule has 2 aromatic rings. The molecule has 0 aliphatic carbocycles. The van der Waals surface area contributed by atoms with E-state index in [1.807, 2.05) is 12.1 Å². The molecule has 5 nitrogen and oxygen atoms in total. The number of likely N-dealkylation sites (N-methyl/N-ethyl adjacent to an activating group) is 1. The maximum atomic E-state index is 11.6. The molecule has 0 spiro atoms. The number of oxazole rings is 1. The van der Waals surface area contributed by atoms with Crippen LogP contribution in [-0.2, 0) is 4.74 Å². The molecular formula is C15H16N2O3. The van der Waals surface area contributed by atoms with E-state index >= 15 is 0 Å². The van der Waals surface area contributed by atoms with Crippen molar-refractivity contribution in [3.05, 3.63) is 47.7 Å². The zero-order valence-electron chi connectivity index (χ0n) is 11.5. The smallest absolute Gasteiger partial charge is 0.337 e. The van der Waals surface area contributed by atoms with E-state index in [1.54, 1.807) is 18.5 Å². The van der Waals surface area contributed by atoms with Crippen LogP contribution < -0.4 is 4.90 Å². The lowest BCUT2D eigenvalue weighted by Crippen LogP contribution is -2.21. The molecular weight excluding hydrogens is 256 g/mol. The van der Waals surface area contributed by atoms with Crippen molar-refractivity contribution in [3.63, 3.8) is 0 Å². The first-order chi connectivity index (χ1) is 9.74. The molecule has 1 aliphatic rings. The number of nitrogens with zero attached hydrogens (tertiary/aromatic N) is 2. The van der Waals surface area contributed by atoms with Crippen LogP contribution in [-0.4, -0.2) is 31.2 Å². The Morgan fingerprint density at radius 1 is 1.55 bits per heavy atom. The summed E-state index contributed by atoms with van der Waals surface area (Å²) in [7, 11) is 1.39. The van der Waals surface area contributed by atoms with Gasteiger partial charge in [-0.25, -0.2) is 9.78 Å². The number of hydrogen-bond donors (Lipinski definition) is 0. The van der Waals surface area contributed by atoms with Gasteiger partial charge in [0.05, 0.1) is 24.8 Å². The lowest BCUT2D eigenvalue weighted by atomic mass is 10.00. The van der Waals surface area contributed by atoms with Crippen molar-refractivity contribution in [1.82, 2.24) is 4.98 Å². The second kappa shape index (κ2) is 5.00. The number of rotatable bonds is 3. The molecule has 0 saturated heterocycles. The number of methoxy groups -OCH3 is 1. The highest BCUT2D eigenvalue weighted by Crippen LogP contribution is 2.39. The van der Waals surface area contributed by atoms with Crippen molar-refractivity contribution in [3.8, 4) is 0 Å². The largest absolute Gasteiger partial charge is 0.465 e. The first kappa shape index (κ1) is 12.7. The zero-order valence-corrected chi connectivity index (χ0v) is 11.5. The first-order valence-electron chi connectivity index (χ1n) is 6.61. The quantitative estimate of drug-likeness (QED) is 0.803. The number of hydrogen-bond acceptors (Lipinski definition) is 5. The molecule has 1 atom stereocenters. The molecule has 0 amide bonds. The number of fused-ring (bicyclic) bond motifs is 1. The minimum atomic E-state index is -0.316. The van der Waals surface area contributed by atoms with Gasteiger partial charge in [-0.05, 0) is 24.6 Å². The molecule has 1 aromatic heterocycles. The van der Waals surface area contributed by atoms with Crippen LogP contribution in [0, 0.1) is 0 Å². The third-order valence-electron chi connectivity index (χ3n) is 3.70. The highest BCUT2D eigenvalue weighted by atomic mass is 16.5. The Morgan fingerprint density at radius 2 is 2.40 bits per heavy atom. The predicted molar refractivity (Wildman–Crippen MR) is 74.0 cm³/mol. The summed E-state index contributed by atoms with van der Waals surface area (Å²) in [6, 6.07) is 5.64. The molecule has 1 unspecified atom stereocenters. The fourth-order valence-corrected chi connectivity index (χ4v) is 2.69. The van der Waals surface area contributed by atoms with Gasteiger partial charge in [0.15, 0.2) is 0 Å². The third-order valence-corrected chi connectivity index (χ3v) is 3.70. The van der Waals surface area contributed by atoms with Gasteiger partial charge in [-0.2, -0.15) is 0 Å². The molecule has 0 saturated carbocycles. The molecule has 20 heavy (non-hydrogen) atoms. The molecule has 1 aromatic carbocycles. The Morgan fingerprint density at radius 3 is 3.05 bits per heavy atom. The summed E-state index contributed by atoms with van der Waals surface area (Å²) >= 11 is 0. The molecule has 0 fully saturated rings. The van der Waals surface area contributed by atoms with Crippen LogP contribution in [0.15, 0.2) is 35.1 Å². The minimum Gasteiger partial charge on any atom is -0.465 e. The Bertz CT molecular complexity index is 622. The molecule has 0 bridgehead atoms. The first-order valence-corrected chi connectivity index (χ1v) is 6.61. The molecule has 5 heteroatoms. The van der Waals surface area contributed by atoms with E-state index < -0.39 is 0 Å². The van der Waals surface area contributed by atoms with E-state index in [2.05, 4.69) is 16.8 Å². The van der Waals surface area contributed by atoms with Crippen LogP contribution in [0.4, 0.5) is 5.69 Å². The molecule has 2 heterocycles. The van der Waals surface area contributed by atoms with Gasteiger partial charge in [0.2, 0.25) is 5.89 Å². The van der Waals surface area contributed by atoms with Gasteiger partial charge < -0.3 is 14.1 Å². The van der Waals surface area contributed by atoms with Crippen molar-refractivity contribution < 1.29 is 13.9 Å². The van der Waals surface area contributed by atoms with Crippen LogP contribution >= 0.6 is 0 Å². The number of carbonyl (C=O) groups excluding carboxylic acids is 1. The van der Waals surface area contributed by atoms with Gasteiger partial charge >= 0.3 is 5.97 Å². The average Bonchev–Trinajstić information content (AvgIpc) is 3.12. The summed E-state index contributed by atoms with van der Waals surface area (Å²) in [5, 5.41) is 0. The number of carbonyl (C=O) groups is 1. The normalized spacial score (nSPS) is 17.1. The average molecular weight is 272 g/mol. The van der Waals surface area contributed by atoms with Crippen LogP contribution in [0.2, 0.25) is 0 Å². The van der Waals surface area contributed by atoms with Crippen LogP contribution in [0.3, 0.4) is 0 Å². The highest BCUT2D eigenvalue weighted by Gasteiger charge is 2.32. The fraction of sp³-hybridized carbons (Fsp3) is 0.333.